The first kappa shape index (κ1) is 37.4. The fraction of sp³-hybridized carbons (Fsp3) is 0.265. The average molecular weight is 744 g/mol. The summed E-state index contributed by atoms with van der Waals surface area (Å²) in [5.74, 6) is -4.92. The molecule has 5 N–H and O–H groups in total. The van der Waals surface area contributed by atoms with Crippen molar-refractivity contribution < 1.29 is 46.6 Å². The summed E-state index contributed by atoms with van der Waals surface area (Å²) in [6, 6.07) is 15.9. The van der Waals surface area contributed by atoms with E-state index in [9.17, 15) is 41.8 Å². The Morgan fingerprint density at radius 1 is 0.942 bits per heavy atom. The highest BCUT2D eigenvalue weighted by Crippen LogP contribution is 2.48. The molecular formula is C34H30ClF4N7O6. The van der Waals surface area contributed by atoms with Gasteiger partial charge >= 0.3 is 18.2 Å². The zero-order valence-corrected chi connectivity index (χ0v) is 27.7. The molecule has 1 saturated carbocycles. The summed E-state index contributed by atoms with van der Waals surface area (Å²) in [6.45, 7) is -1.82. The van der Waals surface area contributed by atoms with Gasteiger partial charge in [0, 0.05) is 29.2 Å². The van der Waals surface area contributed by atoms with Gasteiger partial charge in [0.15, 0.2) is 6.61 Å². The number of carbonyl (C=O) groups excluding carboxylic acids is 3. The molecule has 0 bridgehead atoms. The van der Waals surface area contributed by atoms with Crippen LogP contribution in [0.15, 0.2) is 72.8 Å². The van der Waals surface area contributed by atoms with Crippen LogP contribution < -0.4 is 26.0 Å². The van der Waals surface area contributed by atoms with Crippen LogP contribution in [0.25, 0.3) is 0 Å². The van der Waals surface area contributed by atoms with Crippen molar-refractivity contribution in [1.29, 1.82) is 0 Å². The van der Waals surface area contributed by atoms with Crippen molar-refractivity contribution in [2.24, 2.45) is 0 Å². The zero-order valence-electron chi connectivity index (χ0n) is 27.0. The Morgan fingerprint density at radius 2 is 1.63 bits per heavy atom. The lowest BCUT2D eigenvalue weighted by molar-refractivity contribution is -0.154. The number of hydrogen-bond acceptors (Lipinski definition) is 10. The Bertz CT molecular complexity index is 1940. The minimum atomic E-state index is -4.64. The number of carboxylic acids is 1. The largest absolute Gasteiger partial charge is 0.480 e. The molecule has 0 spiro atoms. The number of Topliss-reactive ketones (excluding diaryl/α,β-unsaturated/α-hetero) is 1. The van der Waals surface area contributed by atoms with E-state index in [4.69, 9.17) is 16.3 Å². The first-order chi connectivity index (χ1) is 24.7. The van der Waals surface area contributed by atoms with Crippen LogP contribution in [-0.2, 0) is 26.3 Å². The lowest BCUT2D eigenvalue weighted by atomic mass is 10.1. The second-order valence-electron chi connectivity index (χ2n) is 11.7. The fourth-order valence-electron chi connectivity index (χ4n) is 4.95. The highest BCUT2D eigenvalue weighted by Gasteiger charge is 2.45. The van der Waals surface area contributed by atoms with E-state index in [2.05, 4.69) is 36.2 Å². The number of amides is 2. The van der Waals surface area contributed by atoms with Gasteiger partial charge in [-0.1, -0.05) is 35.9 Å². The fourth-order valence-corrected chi connectivity index (χ4v) is 5.07. The van der Waals surface area contributed by atoms with Gasteiger partial charge in [-0.05, 0) is 78.9 Å². The normalized spacial score (nSPS) is 13.7. The van der Waals surface area contributed by atoms with E-state index < -0.39 is 66.2 Å². The maximum atomic E-state index is 13.4. The van der Waals surface area contributed by atoms with Crippen molar-refractivity contribution in [3.05, 3.63) is 100 Å². The summed E-state index contributed by atoms with van der Waals surface area (Å²) in [4.78, 5) is 61.2. The molecule has 1 fully saturated rings. The highest BCUT2D eigenvalue weighted by molar-refractivity contribution is 6.37. The molecule has 13 nitrogen and oxygen atoms in total. The third kappa shape index (κ3) is 10.6. The Morgan fingerprint density at radius 3 is 2.27 bits per heavy atom. The van der Waals surface area contributed by atoms with Crippen LogP contribution in [0.5, 0.6) is 6.01 Å². The molecule has 1 aliphatic rings. The first-order valence-corrected chi connectivity index (χ1v) is 16.0. The Kier molecular flexibility index (Phi) is 11.5. The molecule has 3 aromatic carbocycles. The van der Waals surface area contributed by atoms with Crippen LogP contribution in [0, 0.1) is 5.82 Å². The molecule has 0 aliphatic heterocycles. The number of hydrogen-bond donors (Lipinski definition) is 5. The number of benzene rings is 3. The van der Waals surface area contributed by atoms with Crippen LogP contribution in [0.4, 0.5) is 35.1 Å². The van der Waals surface area contributed by atoms with E-state index in [0.29, 0.717) is 23.6 Å². The van der Waals surface area contributed by atoms with E-state index in [1.54, 1.807) is 12.1 Å². The number of anilines is 3. The summed E-state index contributed by atoms with van der Waals surface area (Å²) in [5.41, 5.74) is 1.09. The van der Waals surface area contributed by atoms with E-state index in [0.717, 1.165) is 11.6 Å². The predicted molar refractivity (Wildman–Crippen MR) is 179 cm³/mol. The number of halogens is 5. The predicted octanol–water partition coefficient (Wildman–Crippen LogP) is 4.95. The smallest absolute Gasteiger partial charge is 0.422 e. The van der Waals surface area contributed by atoms with E-state index >= 15 is 0 Å². The molecule has 0 saturated heterocycles. The van der Waals surface area contributed by atoms with Crippen LogP contribution in [-0.4, -0.2) is 69.0 Å². The molecule has 0 unspecified atom stereocenters. The third-order valence-corrected chi connectivity index (χ3v) is 7.96. The second-order valence-corrected chi connectivity index (χ2v) is 12.2. The number of nitrogens with zero attached hydrogens (tertiary/aromatic N) is 3. The van der Waals surface area contributed by atoms with Crippen molar-refractivity contribution in [2.75, 3.05) is 23.8 Å². The van der Waals surface area contributed by atoms with E-state index in [1.807, 2.05) is 12.1 Å². The van der Waals surface area contributed by atoms with Crippen LogP contribution in [0.2, 0.25) is 5.02 Å². The van der Waals surface area contributed by atoms with Crippen molar-refractivity contribution in [1.82, 2.24) is 25.6 Å². The van der Waals surface area contributed by atoms with Gasteiger partial charge in [-0.3, -0.25) is 14.4 Å². The molecule has 1 atom stereocenters. The molecule has 4 aromatic rings. The van der Waals surface area contributed by atoms with Gasteiger partial charge in [-0.25, -0.2) is 9.18 Å². The summed E-state index contributed by atoms with van der Waals surface area (Å²) >= 11 is 6.01. The highest BCUT2D eigenvalue weighted by atomic mass is 35.5. The van der Waals surface area contributed by atoms with Crippen LogP contribution in [0.1, 0.15) is 40.7 Å². The van der Waals surface area contributed by atoms with Gasteiger partial charge in [0.2, 0.25) is 17.7 Å². The minimum Gasteiger partial charge on any atom is -0.480 e. The number of carbonyl (C=O) groups is 4. The van der Waals surface area contributed by atoms with Crippen LogP contribution >= 0.6 is 11.6 Å². The summed E-state index contributed by atoms with van der Waals surface area (Å²) in [7, 11) is 0. The number of aliphatic carboxylic acids is 1. The van der Waals surface area contributed by atoms with Gasteiger partial charge < -0.3 is 31.1 Å². The molecule has 1 aromatic heterocycles. The number of nitrogens with one attached hydrogen (secondary N) is 4. The summed E-state index contributed by atoms with van der Waals surface area (Å²) in [5, 5.41) is 20.7. The number of ether oxygens (including phenoxy) is 1. The molecule has 5 rings (SSSR count). The molecule has 1 heterocycles. The number of rotatable bonds is 16. The maximum Gasteiger partial charge on any atom is 0.422 e. The standard InChI is InChI=1S/C34H30ClF4N7O6/c35-22-8-6-21(7-9-22)33(13-14-33)46-31-43-30(44-32(45-31)52-18-34(37,38)39)41-24-10-4-20(5-11-24)27(48)40-15-12-25(29(50)51)42-28(49)26(47)17-19-2-1-3-23(36)16-19/h1-11,16,25H,12-15,17-18H2,(H,40,48)(H,42,49)(H,50,51)(H2,41,43,44,45,46)/t25-/m1/s1. The number of ketones is 1. The topological polar surface area (TPSA) is 185 Å². The van der Waals surface area contributed by atoms with Crippen molar-refractivity contribution in [2.45, 2.75) is 43.4 Å². The Labute approximate surface area is 298 Å². The van der Waals surface area contributed by atoms with E-state index in [1.165, 1.54) is 42.5 Å². The Hall–Kier alpha value is -5.84. The van der Waals surface area contributed by atoms with Crippen molar-refractivity contribution in [3.63, 3.8) is 0 Å². The summed E-state index contributed by atoms with van der Waals surface area (Å²) < 4.78 is 56.9. The molecule has 1 aliphatic carbocycles. The van der Waals surface area contributed by atoms with Crippen LogP contribution in [0.3, 0.4) is 0 Å². The SMILES string of the molecule is O=C(Cc1cccc(F)c1)C(=O)N[C@H](CCNC(=O)c1ccc(Nc2nc(NC3(c4ccc(Cl)cc4)CC3)nc(OCC(F)(F)F)n2)cc1)C(=O)O. The van der Waals surface area contributed by atoms with Crippen molar-refractivity contribution >= 4 is 52.8 Å². The first-order valence-electron chi connectivity index (χ1n) is 15.6. The van der Waals surface area contributed by atoms with Gasteiger partial charge in [0.05, 0.1) is 5.54 Å². The molecule has 2 amide bonds. The average Bonchev–Trinajstić information content (AvgIpc) is 3.87. The maximum absolute atomic E-state index is 13.4. The third-order valence-electron chi connectivity index (χ3n) is 7.71. The lowest BCUT2D eigenvalue weighted by Gasteiger charge is -2.19. The quantitative estimate of drug-likeness (QED) is 0.0773. The molecule has 52 heavy (non-hydrogen) atoms. The minimum absolute atomic E-state index is 0.0371. The van der Waals surface area contributed by atoms with Gasteiger partial charge in [0.1, 0.15) is 11.9 Å². The number of aromatic nitrogens is 3. The summed E-state index contributed by atoms with van der Waals surface area (Å²) in [6.07, 6.45) is -3.92. The molecule has 18 heteroatoms. The van der Waals surface area contributed by atoms with Gasteiger partial charge in [-0.15, -0.1) is 0 Å². The zero-order chi connectivity index (χ0) is 37.5. The Balaban J connectivity index is 1.18. The molecular weight excluding hydrogens is 714 g/mol. The second kappa shape index (κ2) is 16.0. The number of alkyl halides is 3. The van der Waals surface area contributed by atoms with Crippen molar-refractivity contribution in [3.8, 4) is 6.01 Å². The molecule has 0 radical (unpaired) electrons. The van der Waals surface area contributed by atoms with Gasteiger partial charge in [0.25, 0.3) is 11.8 Å². The van der Waals surface area contributed by atoms with E-state index in [-0.39, 0.29) is 36.0 Å². The number of carboxylic acid groups (broad SMARTS) is 1. The van der Waals surface area contributed by atoms with Gasteiger partial charge in [-0.2, -0.15) is 28.1 Å². The lowest BCUT2D eigenvalue weighted by Crippen LogP contribution is -2.46. The monoisotopic (exact) mass is 743 g/mol. The molecule has 272 valence electrons.